The van der Waals surface area contributed by atoms with E-state index in [2.05, 4.69) is 39.8 Å². The lowest BCUT2D eigenvalue weighted by Gasteiger charge is -2.41. The number of carbonyl (C=O) groups is 1. The second-order valence-electron chi connectivity index (χ2n) is 7.54. The molecule has 0 unspecified atom stereocenters. The molecule has 0 amide bonds. The van der Waals surface area contributed by atoms with Crippen molar-refractivity contribution in [3.63, 3.8) is 0 Å². The number of rotatable bonds is 7. The van der Waals surface area contributed by atoms with Crippen LogP contribution in [-0.2, 0) is 9.22 Å². The summed E-state index contributed by atoms with van der Waals surface area (Å²) in [4.78, 5) is 11.9. The second-order valence-corrected chi connectivity index (χ2v) is 12.7. The van der Waals surface area contributed by atoms with E-state index < -0.39 is 26.3 Å². The van der Waals surface area contributed by atoms with Crippen molar-refractivity contribution in [1.29, 1.82) is 0 Å². The molecule has 0 spiro atoms. The molecule has 132 valence electrons. The van der Waals surface area contributed by atoms with Crippen LogP contribution in [0.15, 0.2) is 24.3 Å². The molecule has 1 rings (SSSR count). The average molecular weight is 367 g/mol. The molecule has 0 heterocycles. The van der Waals surface area contributed by atoms with E-state index in [1.807, 2.05) is 12.1 Å². The lowest BCUT2D eigenvalue weighted by atomic mass is 9.92. The second kappa shape index (κ2) is 8.20. The zero-order valence-corrected chi connectivity index (χ0v) is 16.9. The summed E-state index contributed by atoms with van der Waals surface area (Å²) in [5.74, 6) is 0.964. The molecule has 0 aliphatic rings. The molecule has 1 N–H and O–H groups in total. The monoisotopic (exact) mass is 366 g/mol. The van der Waals surface area contributed by atoms with E-state index in [1.165, 1.54) is 0 Å². The van der Waals surface area contributed by atoms with Gasteiger partial charge in [0.1, 0.15) is 0 Å². The molecule has 1 aromatic carbocycles. The highest BCUT2D eigenvalue weighted by atomic mass is 35.5. The predicted octanol–water partition coefficient (Wildman–Crippen LogP) is 5.52. The van der Waals surface area contributed by atoms with E-state index in [0.717, 1.165) is 5.56 Å². The fourth-order valence-electron chi connectivity index (χ4n) is 2.17. The fraction of sp³-hybridized carbons (Fsp3) is 0.526. The summed E-state index contributed by atoms with van der Waals surface area (Å²) in [6.45, 7) is 10.6. The minimum atomic E-state index is -2.16. The van der Waals surface area contributed by atoms with E-state index in [4.69, 9.17) is 22.5 Å². The summed E-state index contributed by atoms with van der Waals surface area (Å²) in [5, 5.41) is 10.3. The smallest absolute Gasteiger partial charge is 0.309 e. The molecule has 5 heteroatoms. The number of halogens is 1. The van der Waals surface area contributed by atoms with Crippen LogP contribution in [0.3, 0.4) is 0 Å². The number of carboxylic acid groups (broad SMARTS) is 1. The molecule has 0 radical (unpaired) electrons. The van der Waals surface area contributed by atoms with E-state index in [0.29, 0.717) is 17.9 Å². The average Bonchev–Trinajstić information content (AvgIpc) is 2.45. The first-order valence-corrected chi connectivity index (χ1v) is 11.4. The summed E-state index contributed by atoms with van der Waals surface area (Å²) < 4.78 is 6.50. The topological polar surface area (TPSA) is 46.5 Å². The zero-order valence-electron chi connectivity index (χ0n) is 15.1. The van der Waals surface area contributed by atoms with Gasteiger partial charge < -0.3 is 9.53 Å². The Hall–Kier alpha value is -1.28. The maximum Gasteiger partial charge on any atom is 0.309 e. The maximum absolute atomic E-state index is 11.9. The molecule has 0 aromatic heterocycles. The van der Waals surface area contributed by atoms with Gasteiger partial charge in [-0.3, -0.25) is 4.79 Å². The van der Waals surface area contributed by atoms with Gasteiger partial charge in [0.25, 0.3) is 0 Å². The molecule has 0 aliphatic carbocycles. The fourth-order valence-corrected chi connectivity index (χ4v) is 3.59. The van der Waals surface area contributed by atoms with Gasteiger partial charge in [-0.1, -0.05) is 44.5 Å². The van der Waals surface area contributed by atoms with E-state index in [9.17, 15) is 9.90 Å². The van der Waals surface area contributed by atoms with Gasteiger partial charge in [-0.25, -0.2) is 0 Å². The Balaban J connectivity index is 3.27. The van der Waals surface area contributed by atoms with Gasteiger partial charge in [0.2, 0.25) is 0 Å². The molecule has 1 aromatic rings. The lowest BCUT2D eigenvalue weighted by molar-refractivity contribution is -0.145. The van der Waals surface area contributed by atoms with Gasteiger partial charge in [0, 0.05) is 11.4 Å². The lowest BCUT2D eigenvalue weighted by Crippen LogP contribution is -2.44. The first kappa shape index (κ1) is 20.8. The van der Waals surface area contributed by atoms with Gasteiger partial charge in [0.15, 0.2) is 8.32 Å². The number of hydrogen-bond acceptors (Lipinski definition) is 2. The van der Waals surface area contributed by atoms with Crippen molar-refractivity contribution in [2.45, 2.75) is 57.8 Å². The SMILES string of the molecule is C#CCC[C@@H](C(=O)O)[C@H](O[Si](C)(C)C(C)(C)C)c1ccc(Cl)cc1. The third-order valence-electron chi connectivity index (χ3n) is 4.71. The van der Waals surface area contributed by atoms with Crippen LogP contribution in [0.25, 0.3) is 0 Å². The van der Waals surface area contributed by atoms with Crippen molar-refractivity contribution in [2.24, 2.45) is 5.92 Å². The first-order valence-electron chi connectivity index (χ1n) is 8.09. The van der Waals surface area contributed by atoms with Crippen molar-refractivity contribution < 1.29 is 14.3 Å². The normalized spacial score (nSPS) is 14.7. The minimum Gasteiger partial charge on any atom is -0.481 e. The van der Waals surface area contributed by atoms with Crippen LogP contribution in [0.4, 0.5) is 0 Å². The van der Waals surface area contributed by atoms with Crippen LogP contribution in [0, 0.1) is 18.3 Å². The predicted molar refractivity (Wildman–Crippen MR) is 102 cm³/mol. The van der Waals surface area contributed by atoms with Crippen LogP contribution in [0.5, 0.6) is 0 Å². The summed E-state index contributed by atoms with van der Waals surface area (Å²) in [6.07, 6.45) is 5.59. The minimum absolute atomic E-state index is 0.0210. The van der Waals surface area contributed by atoms with Crippen LogP contribution < -0.4 is 0 Å². The van der Waals surface area contributed by atoms with Gasteiger partial charge in [-0.05, 0) is 42.2 Å². The Morgan fingerprint density at radius 3 is 2.29 bits per heavy atom. The number of aliphatic carboxylic acids is 1. The highest BCUT2D eigenvalue weighted by Gasteiger charge is 2.42. The molecule has 24 heavy (non-hydrogen) atoms. The van der Waals surface area contributed by atoms with E-state index in [1.54, 1.807) is 12.1 Å². The van der Waals surface area contributed by atoms with Crippen LogP contribution in [0.1, 0.15) is 45.3 Å². The number of carboxylic acids is 1. The van der Waals surface area contributed by atoms with Gasteiger partial charge in [0.05, 0.1) is 12.0 Å². The highest BCUT2D eigenvalue weighted by Crippen LogP contribution is 2.42. The largest absolute Gasteiger partial charge is 0.481 e. The standard InChI is InChI=1S/C19H27ClO3Si/c1-7-8-9-16(18(21)22)17(14-10-12-15(20)13-11-14)23-24(5,6)19(2,3)4/h1,10-13,16-17H,8-9H2,2-6H3,(H,21,22)/t16-,17-/m1/s1. The summed E-state index contributed by atoms with van der Waals surface area (Å²) in [6, 6.07) is 7.20. The van der Waals surface area contributed by atoms with Gasteiger partial charge >= 0.3 is 5.97 Å². The Labute approximate surface area is 151 Å². The number of hydrogen-bond donors (Lipinski definition) is 1. The van der Waals surface area contributed by atoms with Crippen LogP contribution in [-0.4, -0.2) is 19.4 Å². The van der Waals surface area contributed by atoms with Crippen LogP contribution >= 0.6 is 11.6 Å². The summed E-state index contributed by atoms with van der Waals surface area (Å²) in [5.41, 5.74) is 0.827. The molecule has 2 atom stereocenters. The Kier molecular flexibility index (Phi) is 7.09. The zero-order chi connectivity index (χ0) is 18.5. The molecule has 0 bridgehead atoms. The Morgan fingerprint density at radius 1 is 1.33 bits per heavy atom. The molecular formula is C19H27ClO3Si. The summed E-state index contributed by atoms with van der Waals surface area (Å²) in [7, 11) is -2.16. The molecule has 3 nitrogen and oxygen atoms in total. The molecule has 0 fully saturated rings. The molecule has 0 aliphatic heterocycles. The van der Waals surface area contributed by atoms with Gasteiger partial charge in [-0.2, -0.15) is 0 Å². The Bertz CT molecular complexity index is 597. The number of benzene rings is 1. The van der Waals surface area contributed by atoms with Crippen molar-refractivity contribution in [1.82, 2.24) is 0 Å². The highest BCUT2D eigenvalue weighted by molar-refractivity contribution is 6.74. The van der Waals surface area contributed by atoms with Crippen molar-refractivity contribution >= 4 is 25.9 Å². The first-order chi connectivity index (χ1) is 11.0. The summed E-state index contributed by atoms with van der Waals surface area (Å²) >= 11 is 5.97. The van der Waals surface area contributed by atoms with Crippen molar-refractivity contribution in [3.05, 3.63) is 34.9 Å². The van der Waals surface area contributed by atoms with Crippen LogP contribution in [0.2, 0.25) is 23.2 Å². The quantitative estimate of drug-likeness (QED) is 0.510. The van der Waals surface area contributed by atoms with Crippen molar-refractivity contribution in [3.8, 4) is 12.3 Å². The van der Waals surface area contributed by atoms with E-state index >= 15 is 0 Å². The third-order valence-corrected chi connectivity index (χ3v) is 9.42. The maximum atomic E-state index is 11.9. The van der Waals surface area contributed by atoms with Crippen molar-refractivity contribution in [2.75, 3.05) is 0 Å². The molecule has 0 saturated carbocycles. The van der Waals surface area contributed by atoms with E-state index in [-0.39, 0.29) is 5.04 Å². The number of terminal acetylenes is 1. The Morgan fingerprint density at radius 2 is 1.88 bits per heavy atom. The third kappa shape index (κ3) is 5.37. The molecule has 0 saturated heterocycles. The molecular weight excluding hydrogens is 340 g/mol. The van der Waals surface area contributed by atoms with Gasteiger partial charge in [-0.15, -0.1) is 12.3 Å².